The smallest absolute Gasteiger partial charge is 0.305 e. The van der Waals surface area contributed by atoms with E-state index in [9.17, 15) is 9.59 Å². The Balaban J connectivity index is 3.36. The van der Waals surface area contributed by atoms with Crippen LogP contribution in [0.5, 0.6) is 0 Å². The highest BCUT2D eigenvalue weighted by Crippen LogP contribution is 2.14. The summed E-state index contributed by atoms with van der Waals surface area (Å²) in [6.07, 6.45) is 53.9. The maximum atomic E-state index is 11.9. The fourth-order valence-electron chi connectivity index (χ4n) is 7.16. The molecule has 1 unspecified atom stereocenters. The summed E-state index contributed by atoms with van der Waals surface area (Å²) in [5.74, 6) is -0.669. The van der Waals surface area contributed by atoms with Gasteiger partial charge in [-0.2, -0.15) is 0 Å². The van der Waals surface area contributed by atoms with Gasteiger partial charge in [-0.05, 0) is 90.0 Å². The van der Waals surface area contributed by atoms with E-state index in [-0.39, 0.29) is 5.97 Å². The average molecular weight is 761 g/mol. The van der Waals surface area contributed by atoms with Crippen LogP contribution in [0, 0.1) is 0 Å². The topological polar surface area (TPSA) is 102 Å². The molecule has 54 heavy (non-hydrogen) atoms. The zero-order valence-electron chi connectivity index (χ0n) is 35.9. The molecule has 0 amide bonds. The fourth-order valence-corrected chi connectivity index (χ4v) is 7.16. The van der Waals surface area contributed by atoms with Crippen molar-refractivity contribution in [2.24, 2.45) is 5.73 Å². The molecular weight excluding hydrogens is 669 g/mol. The Bertz CT molecular complexity index is 830. The van der Waals surface area contributed by atoms with Crippen LogP contribution >= 0.6 is 0 Å². The standard InChI is InChI=1S/C48H92N2O4/c1-2-3-4-5-6-29-34-39-44-54-48(53)42-37-32-27-23-19-15-11-8-12-16-20-24-28-33-38-43-50-46(45-49)40-35-30-25-21-17-13-9-7-10-14-18-22-26-31-36-41-47(51)52/h7-8,10-11,46,50H,2-6,9,12-45,49H2,1H3,(H,51,52)/b10-7-,11-8-. The lowest BCUT2D eigenvalue weighted by Crippen LogP contribution is -2.36. The number of nitrogens with two attached hydrogens (primary N) is 1. The van der Waals surface area contributed by atoms with E-state index in [1.54, 1.807) is 0 Å². The Labute approximate surface area is 336 Å². The fraction of sp³-hybridized carbons (Fsp3) is 0.875. The number of carbonyl (C=O) groups is 2. The van der Waals surface area contributed by atoms with Gasteiger partial charge in [0.2, 0.25) is 0 Å². The van der Waals surface area contributed by atoms with Crippen molar-refractivity contribution in [3.8, 4) is 0 Å². The molecule has 0 aromatic carbocycles. The van der Waals surface area contributed by atoms with Gasteiger partial charge < -0.3 is 20.9 Å². The minimum atomic E-state index is -0.670. The van der Waals surface area contributed by atoms with Crippen LogP contribution in [0.2, 0.25) is 0 Å². The molecule has 0 saturated heterocycles. The number of rotatable bonds is 45. The Morgan fingerprint density at radius 3 is 1.37 bits per heavy atom. The summed E-state index contributed by atoms with van der Waals surface area (Å²) in [6.45, 7) is 4.73. The second kappa shape index (κ2) is 45.7. The molecule has 1 atom stereocenters. The zero-order chi connectivity index (χ0) is 39.3. The predicted molar refractivity (Wildman–Crippen MR) is 234 cm³/mol. The normalized spacial score (nSPS) is 12.3. The summed E-state index contributed by atoms with van der Waals surface area (Å²) in [7, 11) is 0. The molecule has 4 N–H and O–H groups in total. The monoisotopic (exact) mass is 761 g/mol. The Kier molecular flexibility index (Phi) is 44.3. The van der Waals surface area contributed by atoms with Crippen molar-refractivity contribution >= 4 is 11.9 Å². The zero-order valence-corrected chi connectivity index (χ0v) is 35.9. The Morgan fingerprint density at radius 1 is 0.519 bits per heavy atom. The number of hydrogen-bond donors (Lipinski definition) is 3. The first-order chi connectivity index (χ1) is 26.6. The molecule has 6 nitrogen and oxygen atoms in total. The largest absolute Gasteiger partial charge is 0.481 e. The lowest BCUT2D eigenvalue weighted by atomic mass is 10.0. The third-order valence-corrected chi connectivity index (χ3v) is 10.8. The van der Waals surface area contributed by atoms with Gasteiger partial charge in [-0.25, -0.2) is 0 Å². The van der Waals surface area contributed by atoms with Gasteiger partial charge in [0.05, 0.1) is 6.61 Å². The van der Waals surface area contributed by atoms with Crippen LogP contribution in [-0.2, 0) is 14.3 Å². The molecule has 0 spiro atoms. The Hall–Kier alpha value is -1.66. The van der Waals surface area contributed by atoms with Crippen molar-refractivity contribution in [1.82, 2.24) is 5.32 Å². The number of esters is 1. The number of carboxylic acids is 1. The van der Waals surface area contributed by atoms with Gasteiger partial charge in [0.25, 0.3) is 0 Å². The van der Waals surface area contributed by atoms with Gasteiger partial charge in [0.15, 0.2) is 0 Å². The summed E-state index contributed by atoms with van der Waals surface area (Å²) in [6, 6.07) is 0.483. The quantitative estimate of drug-likeness (QED) is 0.0324. The highest BCUT2D eigenvalue weighted by molar-refractivity contribution is 5.69. The van der Waals surface area contributed by atoms with Gasteiger partial charge in [-0.15, -0.1) is 0 Å². The molecule has 0 fully saturated rings. The van der Waals surface area contributed by atoms with E-state index in [2.05, 4.69) is 36.5 Å². The summed E-state index contributed by atoms with van der Waals surface area (Å²) in [5, 5.41) is 12.4. The SMILES string of the molecule is CCCCCCCCCCOC(=O)CCCCCCC/C=C\CCCCCCCCNC(CN)CCCCCCCC/C=C\CCCCCCCC(=O)O. The summed E-state index contributed by atoms with van der Waals surface area (Å²) in [5.41, 5.74) is 6.05. The summed E-state index contributed by atoms with van der Waals surface area (Å²) < 4.78 is 5.41. The van der Waals surface area contributed by atoms with Gasteiger partial charge in [-0.3, -0.25) is 9.59 Å². The van der Waals surface area contributed by atoms with Crippen molar-refractivity contribution in [3.05, 3.63) is 24.3 Å². The van der Waals surface area contributed by atoms with Gasteiger partial charge >= 0.3 is 11.9 Å². The lowest BCUT2D eigenvalue weighted by molar-refractivity contribution is -0.144. The minimum Gasteiger partial charge on any atom is -0.481 e. The van der Waals surface area contributed by atoms with E-state index in [4.69, 9.17) is 15.6 Å². The van der Waals surface area contributed by atoms with E-state index in [1.165, 1.54) is 186 Å². The van der Waals surface area contributed by atoms with E-state index in [1.807, 2.05) is 0 Å². The van der Waals surface area contributed by atoms with Gasteiger partial charge in [0, 0.05) is 25.4 Å². The molecule has 0 aliphatic heterocycles. The van der Waals surface area contributed by atoms with Crippen LogP contribution < -0.4 is 11.1 Å². The summed E-state index contributed by atoms with van der Waals surface area (Å²) in [4.78, 5) is 22.4. The average Bonchev–Trinajstić information content (AvgIpc) is 3.16. The van der Waals surface area contributed by atoms with Crippen LogP contribution in [0.4, 0.5) is 0 Å². The molecule has 0 heterocycles. The highest BCUT2D eigenvalue weighted by atomic mass is 16.5. The second-order valence-corrected chi connectivity index (χ2v) is 16.1. The van der Waals surface area contributed by atoms with Crippen LogP contribution in [0.15, 0.2) is 24.3 Å². The number of hydrogen-bond acceptors (Lipinski definition) is 5. The number of aliphatic carboxylic acids is 1. The first-order valence-corrected chi connectivity index (χ1v) is 23.7. The molecule has 0 aromatic rings. The number of nitrogens with one attached hydrogen (secondary N) is 1. The van der Waals surface area contributed by atoms with E-state index in [0.717, 1.165) is 51.6 Å². The molecule has 0 aliphatic carbocycles. The first-order valence-electron chi connectivity index (χ1n) is 23.7. The van der Waals surface area contributed by atoms with E-state index >= 15 is 0 Å². The predicted octanol–water partition coefficient (Wildman–Crippen LogP) is 14.1. The Morgan fingerprint density at radius 2 is 0.907 bits per heavy atom. The third kappa shape index (κ3) is 44.7. The second-order valence-electron chi connectivity index (χ2n) is 16.1. The highest BCUT2D eigenvalue weighted by Gasteiger charge is 2.05. The first kappa shape index (κ1) is 52.3. The van der Waals surface area contributed by atoms with E-state index in [0.29, 0.717) is 25.5 Å². The van der Waals surface area contributed by atoms with Gasteiger partial charge in [-0.1, -0.05) is 172 Å². The lowest BCUT2D eigenvalue weighted by Gasteiger charge is -2.16. The third-order valence-electron chi connectivity index (χ3n) is 10.8. The van der Waals surface area contributed by atoms with Crippen molar-refractivity contribution in [3.63, 3.8) is 0 Å². The molecular formula is C48H92N2O4. The number of ether oxygens (including phenoxy) is 1. The summed E-state index contributed by atoms with van der Waals surface area (Å²) >= 11 is 0. The molecule has 0 aliphatic rings. The molecule has 0 radical (unpaired) electrons. The number of carbonyl (C=O) groups excluding carboxylic acids is 1. The van der Waals surface area contributed by atoms with Crippen LogP contribution in [0.25, 0.3) is 0 Å². The van der Waals surface area contributed by atoms with Gasteiger partial charge in [0.1, 0.15) is 0 Å². The number of allylic oxidation sites excluding steroid dienone is 4. The van der Waals surface area contributed by atoms with Crippen LogP contribution in [0.1, 0.15) is 244 Å². The molecule has 6 heteroatoms. The molecule has 0 rings (SSSR count). The van der Waals surface area contributed by atoms with Crippen LogP contribution in [-0.4, -0.2) is 42.8 Å². The molecule has 318 valence electrons. The van der Waals surface area contributed by atoms with Crippen molar-refractivity contribution < 1.29 is 19.4 Å². The number of unbranched alkanes of at least 4 members (excludes halogenated alkanes) is 29. The van der Waals surface area contributed by atoms with Crippen LogP contribution in [0.3, 0.4) is 0 Å². The molecule has 0 saturated carbocycles. The van der Waals surface area contributed by atoms with Crippen molar-refractivity contribution in [2.45, 2.75) is 251 Å². The van der Waals surface area contributed by atoms with Crippen molar-refractivity contribution in [1.29, 1.82) is 0 Å². The van der Waals surface area contributed by atoms with E-state index < -0.39 is 5.97 Å². The molecule has 0 aromatic heterocycles. The molecule has 0 bridgehead atoms. The minimum absolute atomic E-state index is 0.00159. The number of carboxylic acid groups (broad SMARTS) is 1. The maximum Gasteiger partial charge on any atom is 0.305 e. The maximum absolute atomic E-state index is 11.9. The van der Waals surface area contributed by atoms with Crippen molar-refractivity contribution in [2.75, 3.05) is 19.7 Å².